The highest BCUT2D eigenvalue weighted by Crippen LogP contribution is 2.30. The fourth-order valence-electron chi connectivity index (χ4n) is 2.42. The van der Waals surface area contributed by atoms with E-state index in [0.29, 0.717) is 28.2 Å². The molecule has 0 aliphatic rings. The van der Waals surface area contributed by atoms with E-state index in [9.17, 15) is 4.79 Å². The molecule has 0 spiro atoms. The van der Waals surface area contributed by atoms with Crippen molar-refractivity contribution in [2.45, 2.75) is 13.5 Å². The maximum Gasteiger partial charge on any atom is 0.307 e. The molecule has 0 saturated carbocycles. The number of furan rings is 1. The third kappa shape index (κ3) is 5.76. The topological polar surface area (TPSA) is 73.1 Å². The van der Waals surface area contributed by atoms with E-state index in [1.54, 1.807) is 42.5 Å². The Kier molecular flexibility index (Phi) is 7.16. The Morgan fingerprint density at radius 3 is 2.72 bits per heavy atom. The number of hydrazone groups is 1. The van der Waals surface area contributed by atoms with E-state index in [1.807, 2.05) is 13.0 Å². The summed E-state index contributed by atoms with van der Waals surface area (Å²) in [5, 5.41) is 5.03. The smallest absolute Gasteiger partial charge is 0.307 e. The zero-order valence-corrected chi connectivity index (χ0v) is 17.0. The standard InChI is InChI=1S/C21H18Cl2N2O4/c1-2-27-20-10-14(12-24-25-21(26)19-4-3-9-28-19)5-8-18(20)29-13-15-6-7-16(22)11-17(15)23/h3-12H,2,13H2,1H3,(H,25,26)/b24-12-. The van der Waals surface area contributed by atoms with Crippen LogP contribution in [0.2, 0.25) is 10.0 Å². The third-order valence-electron chi connectivity index (χ3n) is 3.79. The first-order valence-corrected chi connectivity index (χ1v) is 9.53. The summed E-state index contributed by atoms with van der Waals surface area (Å²) < 4.78 is 16.5. The van der Waals surface area contributed by atoms with Crippen LogP contribution < -0.4 is 14.9 Å². The number of amides is 1. The maximum atomic E-state index is 11.8. The minimum absolute atomic E-state index is 0.182. The van der Waals surface area contributed by atoms with E-state index >= 15 is 0 Å². The van der Waals surface area contributed by atoms with E-state index in [0.717, 1.165) is 11.1 Å². The van der Waals surface area contributed by atoms with Crippen molar-refractivity contribution < 1.29 is 18.7 Å². The summed E-state index contributed by atoms with van der Waals surface area (Å²) in [5.74, 6) is 0.867. The van der Waals surface area contributed by atoms with Crippen molar-refractivity contribution in [1.29, 1.82) is 0 Å². The normalized spacial score (nSPS) is 10.9. The van der Waals surface area contributed by atoms with Gasteiger partial charge in [0.25, 0.3) is 0 Å². The second kappa shape index (κ2) is 10.0. The van der Waals surface area contributed by atoms with Crippen LogP contribution in [0, 0.1) is 0 Å². The summed E-state index contributed by atoms with van der Waals surface area (Å²) in [5.41, 5.74) is 3.93. The molecule has 0 atom stereocenters. The third-order valence-corrected chi connectivity index (χ3v) is 4.38. The number of rotatable bonds is 8. The molecule has 29 heavy (non-hydrogen) atoms. The van der Waals surface area contributed by atoms with Gasteiger partial charge in [-0.05, 0) is 55.0 Å². The van der Waals surface area contributed by atoms with Crippen molar-refractivity contribution in [3.63, 3.8) is 0 Å². The SMILES string of the molecule is CCOc1cc(/C=N\NC(=O)c2ccco2)ccc1OCc1ccc(Cl)cc1Cl. The van der Waals surface area contributed by atoms with Gasteiger partial charge < -0.3 is 13.9 Å². The van der Waals surface area contributed by atoms with Gasteiger partial charge in [-0.15, -0.1) is 0 Å². The summed E-state index contributed by atoms with van der Waals surface area (Å²) in [7, 11) is 0. The van der Waals surface area contributed by atoms with Gasteiger partial charge in [-0.1, -0.05) is 29.3 Å². The highest BCUT2D eigenvalue weighted by Gasteiger charge is 2.09. The van der Waals surface area contributed by atoms with Gasteiger partial charge in [0.05, 0.1) is 19.1 Å². The van der Waals surface area contributed by atoms with Crippen molar-refractivity contribution in [3.05, 3.63) is 81.7 Å². The number of carbonyl (C=O) groups excluding carboxylic acids is 1. The van der Waals surface area contributed by atoms with Gasteiger partial charge in [-0.25, -0.2) is 5.43 Å². The highest BCUT2D eigenvalue weighted by molar-refractivity contribution is 6.35. The van der Waals surface area contributed by atoms with Gasteiger partial charge in [0.2, 0.25) is 0 Å². The average Bonchev–Trinajstić information content (AvgIpc) is 3.24. The van der Waals surface area contributed by atoms with Gasteiger partial charge in [-0.2, -0.15) is 5.10 Å². The zero-order chi connectivity index (χ0) is 20.6. The first kappa shape index (κ1) is 20.8. The van der Waals surface area contributed by atoms with Crippen molar-refractivity contribution in [1.82, 2.24) is 5.43 Å². The summed E-state index contributed by atoms with van der Waals surface area (Å²) in [6, 6.07) is 13.8. The molecule has 0 saturated heterocycles. The summed E-state index contributed by atoms with van der Waals surface area (Å²) >= 11 is 12.1. The first-order chi connectivity index (χ1) is 14.1. The number of carbonyl (C=O) groups is 1. The first-order valence-electron chi connectivity index (χ1n) is 8.77. The number of hydrogen-bond donors (Lipinski definition) is 1. The molecule has 0 aliphatic carbocycles. The molecule has 0 bridgehead atoms. The quantitative estimate of drug-likeness (QED) is 0.385. The van der Waals surface area contributed by atoms with E-state index < -0.39 is 5.91 Å². The van der Waals surface area contributed by atoms with Gasteiger partial charge in [-0.3, -0.25) is 4.79 Å². The Morgan fingerprint density at radius 2 is 2.00 bits per heavy atom. The van der Waals surface area contributed by atoms with Crippen LogP contribution in [0.5, 0.6) is 11.5 Å². The molecule has 0 radical (unpaired) electrons. The van der Waals surface area contributed by atoms with Gasteiger partial charge in [0.15, 0.2) is 17.3 Å². The number of halogens is 2. The summed E-state index contributed by atoms with van der Waals surface area (Å²) in [6.07, 6.45) is 2.92. The van der Waals surface area contributed by atoms with E-state index in [1.165, 1.54) is 12.5 Å². The Balaban J connectivity index is 1.67. The molecule has 6 nitrogen and oxygen atoms in total. The number of ether oxygens (including phenoxy) is 2. The summed E-state index contributed by atoms with van der Waals surface area (Å²) in [6.45, 7) is 2.61. The van der Waals surface area contributed by atoms with Crippen LogP contribution in [0.25, 0.3) is 0 Å². The Labute approximate surface area is 178 Å². The lowest BCUT2D eigenvalue weighted by Gasteiger charge is -2.13. The predicted octanol–water partition coefficient (Wildman–Crippen LogP) is 5.33. The van der Waals surface area contributed by atoms with Crippen molar-refractivity contribution in [3.8, 4) is 11.5 Å². The zero-order valence-electron chi connectivity index (χ0n) is 15.5. The minimum atomic E-state index is -0.434. The fourth-order valence-corrected chi connectivity index (χ4v) is 2.88. The molecule has 150 valence electrons. The lowest BCUT2D eigenvalue weighted by molar-refractivity contribution is 0.0927. The minimum Gasteiger partial charge on any atom is -0.490 e. The van der Waals surface area contributed by atoms with Crippen molar-refractivity contribution in [2.24, 2.45) is 5.10 Å². The maximum absolute atomic E-state index is 11.8. The molecule has 3 rings (SSSR count). The summed E-state index contributed by atoms with van der Waals surface area (Å²) in [4.78, 5) is 11.8. The molecule has 0 unspecified atom stereocenters. The van der Waals surface area contributed by atoms with Crippen LogP contribution in [0.1, 0.15) is 28.6 Å². The Bertz CT molecular complexity index is 1000. The van der Waals surface area contributed by atoms with Crippen LogP contribution in [0.4, 0.5) is 0 Å². The molecular weight excluding hydrogens is 415 g/mol. The lowest BCUT2D eigenvalue weighted by Crippen LogP contribution is -2.16. The molecule has 1 heterocycles. The van der Waals surface area contributed by atoms with Crippen molar-refractivity contribution >= 4 is 35.3 Å². The molecular formula is C21H18Cl2N2O4. The van der Waals surface area contributed by atoms with E-state index in [4.69, 9.17) is 37.1 Å². The Hall–Kier alpha value is -2.96. The number of hydrogen-bond acceptors (Lipinski definition) is 5. The van der Waals surface area contributed by atoms with Crippen LogP contribution in [-0.4, -0.2) is 18.7 Å². The predicted molar refractivity (Wildman–Crippen MR) is 112 cm³/mol. The van der Waals surface area contributed by atoms with E-state index in [2.05, 4.69) is 10.5 Å². The monoisotopic (exact) mass is 432 g/mol. The van der Waals surface area contributed by atoms with Crippen LogP contribution in [-0.2, 0) is 6.61 Å². The second-order valence-corrected chi connectivity index (χ2v) is 6.68. The highest BCUT2D eigenvalue weighted by atomic mass is 35.5. The lowest BCUT2D eigenvalue weighted by atomic mass is 10.2. The molecule has 1 N–H and O–H groups in total. The molecule has 1 aromatic heterocycles. The van der Waals surface area contributed by atoms with Gasteiger partial charge >= 0.3 is 5.91 Å². The molecule has 2 aromatic carbocycles. The number of nitrogens with zero attached hydrogens (tertiary/aromatic N) is 1. The molecule has 3 aromatic rings. The van der Waals surface area contributed by atoms with Crippen LogP contribution >= 0.6 is 23.2 Å². The fraction of sp³-hybridized carbons (Fsp3) is 0.143. The van der Waals surface area contributed by atoms with Crippen molar-refractivity contribution in [2.75, 3.05) is 6.61 Å². The molecule has 0 aliphatic heterocycles. The second-order valence-electron chi connectivity index (χ2n) is 5.84. The van der Waals surface area contributed by atoms with Gasteiger partial charge in [0, 0.05) is 15.6 Å². The average molecular weight is 433 g/mol. The Morgan fingerprint density at radius 1 is 1.14 bits per heavy atom. The molecule has 1 amide bonds. The van der Waals surface area contributed by atoms with Gasteiger partial charge in [0.1, 0.15) is 6.61 Å². The molecule has 8 heteroatoms. The number of nitrogens with one attached hydrogen (secondary N) is 1. The van der Waals surface area contributed by atoms with Crippen LogP contribution in [0.15, 0.2) is 64.3 Å². The largest absolute Gasteiger partial charge is 0.490 e. The van der Waals surface area contributed by atoms with E-state index in [-0.39, 0.29) is 12.4 Å². The van der Waals surface area contributed by atoms with Crippen LogP contribution in [0.3, 0.4) is 0 Å². The number of benzene rings is 2. The molecule has 0 fully saturated rings.